The average Bonchev–Trinajstić information content (AvgIpc) is 2.28. The zero-order valence-electron chi connectivity index (χ0n) is 8.24. The molecule has 1 aliphatic carbocycles. The third-order valence-corrected chi connectivity index (χ3v) is 3.28. The minimum Gasteiger partial charge on any atom is -0.225 e. The lowest BCUT2D eigenvalue weighted by Gasteiger charge is -2.02. The molecule has 1 nitrogen and oxygen atoms in total. The molecule has 13 heavy (non-hydrogen) atoms. The molecule has 1 rings (SSSR count). The van der Waals surface area contributed by atoms with Gasteiger partial charge in [-0.15, -0.1) is 0 Å². The van der Waals surface area contributed by atoms with Gasteiger partial charge in [-0.1, -0.05) is 18.0 Å². The number of nitrogens with zero attached hydrogens (tertiary/aromatic N) is 1. The summed E-state index contributed by atoms with van der Waals surface area (Å²) in [6.45, 7) is 0. The summed E-state index contributed by atoms with van der Waals surface area (Å²) in [6, 6.07) is 0. The Morgan fingerprint density at radius 1 is 1.15 bits per heavy atom. The van der Waals surface area contributed by atoms with Gasteiger partial charge in [0.25, 0.3) is 5.17 Å². The van der Waals surface area contributed by atoms with Gasteiger partial charge in [0.2, 0.25) is 0 Å². The standard InChI is InChI=1S/C10H16Cl2N/c1-13(2)10(12)8-6-4-3-5-7-9(8)11/h3-7H2,1-2H3/q+1. The highest BCUT2D eigenvalue weighted by atomic mass is 35.5. The van der Waals surface area contributed by atoms with Gasteiger partial charge in [0.05, 0.1) is 5.57 Å². The van der Waals surface area contributed by atoms with Crippen LogP contribution in [0.1, 0.15) is 32.1 Å². The maximum atomic E-state index is 6.17. The molecule has 0 fully saturated rings. The average molecular weight is 221 g/mol. The van der Waals surface area contributed by atoms with E-state index in [1.54, 1.807) is 0 Å². The minimum absolute atomic E-state index is 0.798. The molecule has 3 heteroatoms. The molecule has 0 atom stereocenters. The predicted octanol–water partition coefficient (Wildman–Crippen LogP) is 3.35. The Kier molecular flexibility index (Phi) is 4.27. The summed E-state index contributed by atoms with van der Waals surface area (Å²) in [5.41, 5.74) is 1.14. The SMILES string of the molecule is C[N+](C)=C(Cl)C1=C(Cl)CCCCC1. The fourth-order valence-corrected chi connectivity index (χ4v) is 2.10. The van der Waals surface area contributed by atoms with Crippen LogP contribution in [-0.4, -0.2) is 23.8 Å². The molecule has 0 unspecified atom stereocenters. The highest BCUT2D eigenvalue weighted by molar-refractivity contribution is 6.68. The maximum absolute atomic E-state index is 6.17. The fourth-order valence-electron chi connectivity index (χ4n) is 1.53. The van der Waals surface area contributed by atoms with E-state index in [1.807, 2.05) is 18.7 Å². The maximum Gasteiger partial charge on any atom is 0.273 e. The molecule has 0 aliphatic heterocycles. The largest absolute Gasteiger partial charge is 0.273 e. The van der Waals surface area contributed by atoms with Crippen LogP contribution in [0.4, 0.5) is 0 Å². The highest BCUT2D eigenvalue weighted by Crippen LogP contribution is 2.28. The molecule has 0 amide bonds. The van der Waals surface area contributed by atoms with Crippen molar-refractivity contribution in [1.82, 2.24) is 0 Å². The second-order valence-electron chi connectivity index (χ2n) is 3.63. The first-order valence-electron chi connectivity index (χ1n) is 4.70. The Balaban J connectivity index is 2.92. The topological polar surface area (TPSA) is 3.01 Å². The van der Waals surface area contributed by atoms with Gasteiger partial charge < -0.3 is 0 Å². The van der Waals surface area contributed by atoms with Crippen LogP contribution in [0.2, 0.25) is 0 Å². The third kappa shape index (κ3) is 2.99. The zero-order chi connectivity index (χ0) is 9.84. The first kappa shape index (κ1) is 11.1. The molecular formula is C10H16Cl2N+. The summed E-state index contributed by atoms with van der Waals surface area (Å²) in [4.78, 5) is 0. The molecule has 0 aromatic rings. The van der Waals surface area contributed by atoms with E-state index in [0.29, 0.717) is 0 Å². The van der Waals surface area contributed by atoms with Gasteiger partial charge in [-0.3, -0.25) is 0 Å². The fraction of sp³-hybridized carbons (Fsp3) is 0.700. The Morgan fingerprint density at radius 3 is 2.38 bits per heavy atom. The van der Waals surface area contributed by atoms with E-state index in [9.17, 15) is 0 Å². The van der Waals surface area contributed by atoms with Crippen molar-refractivity contribution in [2.24, 2.45) is 0 Å². The summed E-state index contributed by atoms with van der Waals surface area (Å²) in [5.74, 6) is 0. The van der Waals surface area contributed by atoms with Crippen molar-refractivity contribution < 1.29 is 4.58 Å². The molecule has 0 bridgehead atoms. The first-order valence-corrected chi connectivity index (χ1v) is 5.46. The molecule has 0 N–H and O–H groups in total. The van der Waals surface area contributed by atoms with Crippen molar-refractivity contribution in [3.05, 3.63) is 10.6 Å². The number of hydrogen-bond donors (Lipinski definition) is 0. The van der Waals surface area contributed by atoms with Gasteiger partial charge in [0.15, 0.2) is 0 Å². The lowest BCUT2D eigenvalue weighted by Crippen LogP contribution is -2.10. The van der Waals surface area contributed by atoms with E-state index >= 15 is 0 Å². The minimum atomic E-state index is 0.798. The number of hydrogen-bond acceptors (Lipinski definition) is 0. The highest BCUT2D eigenvalue weighted by Gasteiger charge is 2.18. The van der Waals surface area contributed by atoms with Crippen LogP contribution in [0, 0.1) is 0 Å². The van der Waals surface area contributed by atoms with Gasteiger partial charge in [-0.25, -0.2) is 4.58 Å². The zero-order valence-corrected chi connectivity index (χ0v) is 9.75. The molecule has 0 saturated heterocycles. The number of allylic oxidation sites excluding steroid dienone is 2. The van der Waals surface area contributed by atoms with Gasteiger partial charge in [-0.2, -0.15) is 0 Å². The molecule has 0 aromatic carbocycles. The second kappa shape index (κ2) is 5.02. The van der Waals surface area contributed by atoms with Crippen LogP contribution in [0.5, 0.6) is 0 Å². The van der Waals surface area contributed by atoms with Crippen molar-refractivity contribution in [3.8, 4) is 0 Å². The van der Waals surface area contributed by atoms with Crippen molar-refractivity contribution in [2.75, 3.05) is 14.1 Å². The molecular weight excluding hydrogens is 205 g/mol. The molecule has 0 saturated carbocycles. The Labute approximate surface area is 90.0 Å². The van der Waals surface area contributed by atoms with E-state index in [-0.39, 0.29) is 0 Å². The monoisotopic (exact) mass is 220 g/mol. The quantitative estimate of drug-likeness (QED) is 0.471. The molecule has 0 heterocycles. The van der Waals surface area contributed by atoms with E-state index in [0.717, 1.165) is 28.6 Å². The summed E-state index contributed by atoms with van der Waals surface area (Å²) in [5, 5.41) is 1.75. The smallest absolute Gasteiger partial charge is 0.225 e. The Bertz CT molecular complexity index is 250. The van der Waals surface area contributed by atoms with E-state index in [1.165, 1.54) is 19.3 Å². The molecule has 0 spiro atoms. The van der Waals surface area contributed by atoms with Crippen LogP contribution in [-0.2, 0) is 0 Å². The second-order valence-corrected chi connectivity index (χ2v) is 4.44. The van der Waals surface area contributed by atoms with Crippen LogP contribution < -0.4 is 0 Å². The van der Waals surface area contributed by atoms with Gasteiger partial charge in [-0.05, 0) is 37.3 Å². The number of halogens is 2. The molecule has 0 radical (unpaired) electrons. The lowest BCUT2D eigenvalue weighted by molar-refractivity contribution is -0.461. The predicted molar refractivity (Wildman–Crippen MR) is 58.9 cm³/mol. The Hall–Kier alpha value is -0.0100. The van der Waals surface area contributed by atoms with Crippen LogP contribution >= 0.6 is 23.2 Å². The summed E-state index contributed by atoms with van der Waals surface area (Å²) < 4.78 is 1.92. The van der Waals surface area contributed by atoms with Crippen molar-refractivity contribution in [3.63, 3.8) is 0 Å². The Morgan fingerprint density at radius 2 is 1.77 bits per heavy atom. The van der Waals surface area contributed by atoms with Crippen LogP contribution in [0.15, 0.2) is 10.6 Å². The molecule has 74 valence electrons. The number of rotatable bonds is 1. The molecule has 1 aliphatic rings. The van der Waals surface area contributed by atoms with Gasteiger partial charge in [0, 0.05) is 5.03 Å². The summed E-state index contributed by atoms with van der Waals surface area (Å²) in [6.07, 6.45) is 5.67. The lowest BCUT2D eigenvalue weighted by atomic mass is 10.1. The van der Waals surface area contributed by atoms with Gasteiger partial charge in [0.1, 0.15) is 14.1 Å². The van der Waals surface area contributed by atoms with Crippen molar-refractivity contribution in [1.29, 1.82) is 0 Å². The summed E-state index contributed by atoms with van der Waals surface area (Å²) in [7, 11) is 3.90. The third-order valence-electron chi connectivity index (χ3n) is 2.29. The van der Waals surface area contributed by atoms with E-state index in [4.69, 9.17) is 23.2 Å². The first-order chi connectivity index (χ1) is 6.13. The van der Waals surface area contributed by atoms with Gasteiger partial charge >= 0.3 is 0 Å². The van der Waals surface area contributed by atoms with E-state index < -0.39 is 0 Å². The van der Waals surface area contributed by atoms with Crippen LogP contribution in [0.25, 0.3) is 0 Å². The summed E-state index contributed by atoms with van der Waals surface area (Å²) >= 11 is 12.3. The molecule has 0 aromatic heterocycles. The van der Waals surface area contributed by atoms with Crippen LogP contribution in [0.3, 0.4) is 0 Å². The van der Waals surface area contributed by atoms with E-state index in [2.05, 4.69) is 0 Å². The normalized spacial score (nSPS) is 18.5. The van der Waals surface area contributed by atoms with Crippen molar-refractivity contribution in [2.45, 2.75) is 32.1 Å². The van der Waals surface area contributed by atoms with Crippen molar-refractivity contribution >= 4 is 28.4 Å².